The molecule has 0 saturated heterocycles. The SMILES string of the molecule is CC1=C(C)C(Cl)([Si]C2(Cl)C(C)=C(C(C)C)c3c(C)cccc32)c2cccc(C)c21. The summed E-state index contributed by atoms with van der Waals surface area (Å²) in [6.07, 6.45) is 0. The number of benzene rings is 2. The van der Waals surface area contributed by atoms with Gasteiger partial charge < -0.3 is 0 Å². The van der Waals surface area contributed by atoms with Crippen LogP contribution in [-0.4, -0.2) is 9.52 Å². The number of aryl methyl sites for hydroxylation is 2. The first kappa shape index (κ1) is 21.0. The normalized spacial score (nSPS) is 25.9. The van der Waals surface area contributed by atoms with Crippen LogP contribution in [0.4, 0.5) is 0 Å². The Bertz CT molecular complexity index is 1090. The highest BCUT2D eigenvalue weighted by molar-refractivity contribution is 6.70. The lowest BCUT2D eigenvalue weighted by Gasteiger charge is -2.35. The molecule has 0 amide bonds. The van der Waals surface area contributed by atoms with E-state index in [0.29, 0.717) is 15.4 Å². The van der Waals surface area contributed by atoms with Gasteiger partial charge in [0.05, 0.1) is 8.99 Å². The molecule has 150 valence electrons. The van der Waals surface area contributed by atoms with Crippen molar-refractivity contribution >= 4 is 43.9 Å². The molecule has 2 aromatic carbocycles. The molecule has 29 heavy (non-hydrogen) atoms. The fraction of sp³-hybridized carbons (Fsp3) is 0.385. The lowest BCUT2D eigenvalue weighted by atomic mass is 9.92. The van der Waals surface area contributed by atoms with E-state index < -0.39 is 8.99 Å². The third kappa shape index (κ3) is 2.77. The molecule has 0 N–H and O–H groups in total. The van der Waals surface area contributed by atoms with E-state index in [9.17, 15) is 0 Å². The van der Waals surface area contributed by atoms with Gasteiger partial charge in [0.15, 0.2) is 0 Å². The topological polar surface area (TPSA) is 0 Å². The Morgan fingerprint density at radius 1 is 0.724 bits per heavy atom. The Morgan fingerprint density at radius 2 is 1.21 bits per heavy atom. The Hall–Kier alpha value is -1.28. The third-order valence-electron chi connectivity index (χ3n) is 6.85. The van der Waals surface area contributed by atoms with Crippen LogP contribution >= 0.6 is 23.2 Å². The van der Waals surface area contributed by atoms with Gasteiger partial charge in [-0.1, -0.05) is 50.2 Å². The summed E-state index contributed by atoms with van der Waals surface area (Å²) in [5.74, 6) is 0.419. The number of allylic oxidation sites excluding steroid dienone is 4. The number of hydrogen-bond donors (Lipinski definition) is 0. The summed E-state index contributed by atoms with van der Waals surface area (Å²) in [6.45, 7) is 15.5. The molecule has 0 bridgehead atoms. The maximum absolute atomic E-state index is 7.60. The van der Waals surface area contributed by atoms with Crippen molar-refractivity contribution in [2.45, 2.75) is 57.5 Å². The molecule has 2 atom stereocenters. The molecular weight excluding hydrogens is 411 g/mol. The predicted molar refractivity (Wildman–Crippen MR) is 129 cm³/mol. The summed E-state index contributed by atoms with van der Waals surface area (Å²) in [7, 11) is 0.313. The molecule has 2 aliphatic carbocycles. The van der Waals surface area contributed by atoms with Crippen molar-refractivity contribution in [1.82, 2.24) is 0 Å². The molecule has 2 aliphatic rings. The summed E-state index contributed by atoms with van der Waals surface area (Å²) in [5, 5.41) is 0. The Kier molecular flexibility index (Phi) is 4.97. The summed E-state index contributed by atoms with van der Waals surface area (Å²) < 4.78 is -1.14. The van der Waals surface area contributed by atoms with E-state index in [-0.39, 0.29) is 0 Å². The molecular formula is C26H28Cl2Si. The van der Waals surface area contributed by atoms with E-state index in [1.54, 1.807) is 0 Å². The van der Waals surface area contributed by atoms with Gasteiger partial charge in [0, 0.05) is 0 Å². The van der Waals surface area contributed by atoms with E-state index in [0.717, 1.165) is 0 Å². The average molecular weight is 440 g/mol. The molecule has 0 fully saturated rings. The number of alkyl halides is 2. The monoisotopic (exact) mass is 438 g/mol. The first-order chi connectivity index (χ1) is 13.5. The van der Waals surface area contributed by atoms with E-state index in [1.165, 1.54) is 55.7 Å². The molecule has 2 aromatic rings. The van der Waals surface area contributed by atoms with Crippen LogP contribution in [-0.2, 0) is 8.99 Å². The van der Waals surface area contributed by atoms with Crippen molar-refractivity contribution < 1.29 is 0 Å². The van der Waals surface area contributed by atoms with E-state index >= 15 is 0 Å². The van der Waals surface area contributed by atoms with Crippen molar-refractivity contribution in [3.05, 3.63) is 80.9 Å². The summed E-state index contributed by atoms with van der Waals surface area (Å²) in [6, 6.07) is 13.0. The number of fused-ring (bicyclic) bond motifs is 2. The highest BCUT2D eigenvalue weighted by atomic mass is 35.5. The van der Waals surface area contributed by atoms with E-state index in [1.807, 2.05) is 0 Å². The van der Waals surface area contributed by atoms with Gasteiger partial charge in [0.2, 0.25) is 0 Å². The first-order valence-corrected chi connectivity index (χ1v) is 12.1. The molecule has 0 heterocycles. The van der Waals surface area contributed by atoms with Crippen LogP contribution in [0, 0.1) is 19.8 Å². The zero-order valence-corrected chi connectivity index (χ0v) is 20.8. The van der Waals surface area contributed by atoms with Gasteiger partial charge in [0.25, 0.3) is 0 Å². The molecule has 2 radical (unpaired) electrons. The fourth-order valence-corrected chi connectivity index (χ4v) is 8.68. The lowest BCUT2D eigenvalue weighted by Crippen LogP contribution is -2.40. The molecule has 0 nitrogen and oxygen atoms in total. The summed E-state index contributed by atoms with van der Waals surface area (Å²) in [5.41, 5.74) is 12.9. The van der Waals surface area contributed by atoms with Crippen LogP contribution in [0.15, 0.2) is 47.5 Å². The molecule has 3 heteroatoms. The minimum absolute atomic E-state index is 0.313. The van der Waals surface area contributed by atoms with Crippen molar-refractivity contribution in [1.29, 1.82) is 0 Å². The molecule has 2 unspecified atom stereocenters. The Balaban J connectivity index is 1.94. The van der Waals surface area contributed by atoms with Gasteiger partial charge in [-0.2, -0.15) is 0 Å². The summed E-state index contributed by atoms with van der Waals surface area (Å²) >= 11 is 15.1. The van der Waals surface area contributed by atoms with Gasteiger partial charge in [-0.05, 0) is 96.2 Å². The van der Waals surface area contributed by atoms with Gasteiger partial charge in [-0.3, -0.25) is 0 Å². The van der Waals surface area contributed by atoms with Crippen molar-refractivity contribution in [3.8, 4) is 0 Å². The van der Waals surface area contributed by atoms with Crippen molar-refractivity contribution in [2.75, 3.05) is 0 Å². The second kappa shape index (κ2) is 6.87. The van der Waals surface area contributed by atoms with Gasteiger partial charge in [0.1, 0.15) is 9.52 Å². The number of hydrogen-bond acceptors (Lipinski definition) is 0. The van der Waals surface area contributed by atoms with E-state index in [4.69, 9.17) is 23.2 Å². The van der Waals surface area contributed by atoms with Crippen molar-refractivity contribution in [3.63, 3.8) is 0 Å². The largest absolute Gasteiger partial charge is 0.118 e. The van der Waals surface area contributed by atoms with Crippen LogP contribution in [0.5, 0.6) is 0 Å². The molecule has 4 rings (SSSR count). The number of halogens is 2. The minimum Gasteiger partial charge on any atom is -0.114 e. The Morgan fingerprint density at radius 3 is 1.76 bits per heavy atom. The predicted octanol–water partition coefficient (Wildman–Crippen LogP) is 7.74. The molecule has 0 aromatic heterocycles. The average Bonchev–Trinajstić information content (AvgIpc) is 2.99. The summed E-state index contributed by atoms with van der Waals surface area (Å²) in [4.78, 5) is 0. The third-order valence-corrected chi connectivity index (χ3v) is 10.4. The Labute approximate surface area is 187 Å². The van der Waals surface area contributed by atoms with Crippen molar-refractivity contribution in [2.24, 2.45) is 5.92 Å². The molecule has 0 spiro atoms. The maximum Gasteiger partial charge on any atom is 0.118 e. The zero-order chi connectivity index (χ0) is 21.3. The lowest BCUT2D eigenvalue weighted by molar-refractivity contribution is 0.845. The zero-order valence-electron chi connectivity index (χ0n) is 18.3. The van der Waals surface area contributed by atoms with Crippen LogP contribution in [0.3, 0.4) is 0 Å². The molecule has 0 aliphatic heterocycles. The first-order valence-electron chi connectivity index (χ1n) is 10.3. The highest BCUT2D eigenvalue weighted by Gasteiger charge is 2.52. The quantitative estimate of drug-likeness (QED) is 0.339. The van der Waals surface area contributed by atoms with E-state index in [2.05, 4.69) is 84.9 Å². The fourth-order valence-electron chi connectivity index (χ4n) is 5.27. The smallest absolute Gasteiger partial charge is 0.114 e. The van der Waals surface area contributed by atoms with Gasteiger partial charge in [-0.15, -0.1) is 23.2 Å². The van der Waals surface area contributed by atoms with Gasteiger partial charge >= 0.3 is 0 Å². The van der Waals surface area contributed by atoms with Crippen LogP contribution in [0.2, 0.25) is 0 Å². The van der Waals surface area contributed by atoms with Crippen LogP contribution in [0.25, 0.3) is 11.1 Å². The second-order valence-electron chi connectivity index (χ2n) is 8.88. The molecule has 0 saturated carbocycles. The van der Waals surface area contributed by atoms with Crippen LogP contribution in [0.1, 0.15) is 68.0 Å². The maximum atomic E-state index is 7.60. The highest BCUT2D eigenvalue weighted by Crippen LogP contribution is 2.58. The van der Waals surface area contributed by atoms with Gasteiger partial charge in [-0.25, -0.2) is 0 Å². The second-order valence-corrected chi connectivity index (χ2v) is 12.4. The number of rotatable bonds is 3. The minimum atomic E-state index is -0.574. The standard InChI is InChI=1S/C26H28Cl2Si/c1-14(2)22-19(7)26(28,21-13-9-11-16(4)24(21)22)29-25(27)18(6)17(5)23-15(3)10-8-12-20(23)25/h8-14H,1-7H3. The van der Waals surface area contributed by atoms with Crippen LogP contribution < -0.4 is 0 Å².